The van der Waals surface area contributed by atoms with Gasteiger partial charge in [-0.15, -0.1) is 0 Å². The summed E-state index contributed by atoms with van der Waals surface area (Å²) in [6.45, 7) is 0. The predicted octanol–water partition coefficient (Wildman–Crippen LogP) is 2.09. The van der Waals surface area contributed by atoms with Crippen LogP contribution in [0.1, 0.15) is 17.3 Å². The molecule has 0 heterocycles. The maximum Gasteiger partial charge on any atom is 0.211 e. The molecule has 1 aromatic carbocycles. The molecular formula is C9H5FN2. The van der Waals surface area contributed by atoms with Gasteiger partial charge in [0.1, 0.15) is 6.07 Å². The molecule has 0 aliphatic rings. The Balaban J connectivity index is 3.05. The van der Waals surface area contributed by atoms with Gasteiger partial charge in [-0.3, -0.25) is 0 Å². The molecule has 0 spiro atoms. The Bertz CT molecular complexity index is 360. The maximum absolute atomic E-state index is 12.7. The molecule has 12 heavy (non-hydrogen) atoms. The molecule has 0 fully saturated rings. The number of nitriles is 2. The van der Waals surface area contributed by atoms with Crippen molar-refractivity contribution < 1.29 is 4.39 Å². The van der Waals surface area contributed by atoms with Crippen LogP contribution in [0.2, 0.25) is 0 Å². The van der Waals surface area contributed by atoms with E-state index in [2.05, 4.69) is 0 Å². The van der Waals surface area contributed by atoms with Crippen LogP contribution in [-0.2, 0) is 0 Å². The Hall–Kier alpha value is -1.87. The Labute approximate surface area is 69.5 Å². The highest BCUT2D eigenvalue weighted by Crippen LogP contribution is 2.16. The molecule has 1 unspecified atom stereocenters. The average Bonchev–Trinajstić information content (AvgIpc) is 2.17. The topological polar surface area (TPSA) is 47.6 Å². The van der Waals surface area contributed by atoms with Crippen LogP contribution in [0.4, 0.5) is 4.39 Å². The molecule has 2 nitrogen and oxygen atoms in total. The van der Waals surface area contributed by atoms with Crippen LogP contribution in [0.3, 0.4) is 0 Å². The molecule has 0 aliphatic carbocycles. The van der Waals surface area contributed by atoms with E-state index in [1.165, 1.54) is 18.2 Å². The first kappa shape index (κ1) is 8.23. The van der Waals surface area contributed by atoms with Crippen molar-refractivity contribution in [1.29, 1.82) is 10.5 Å². The molecule has 0 N–H and O–H groups in total. The van der Waals surface area contributed by atoms with E-state index in [0.717, 1.165) is 0 Å². The zero-order chi connectivity index (χ0) is 8.97. The second-order valence-corrected chi connectivity index (χ2v) is 2.23. The zero-order valence-corrected chi connectivity index (χ0v) is 6.16. The van der Waals surface area contributed by atoms with Gasteiger partial charge in [0.15, 0.2) is 0 Å². The highest BCUT2D eigenvalue weighted by molar-refractivity contribution is 5.35. The average molecular weight is 160 g/mol. The van der Waals surface area contributed by atoms with E-state index >= 15 is 0 Å². The fourth-order valence-corrected chi connectivity index (χ4v) is 0.840. The molecule has 1 atom stereocenters. The Morgan fingerprint density at radius 1 is 1.33 bits per heavy atom. The monoisotopic (exact) mass is 160 g/mol. The molecule has 0 aliphatic heterocycles. The summed E-state index contributed by atoms with van der Waals surface area (Å²) in [7, 11) is 0. The van der Waals surface area contributed by atoms with Crippen LogP contribution in [-0.4, -0.2) is 0 Å². The third kappa shape index (κ3) is 1.59. The van der Waals surface area contributed by atoms with Gasteiger partial charge in [-0.05, 0) is 12.1 Å². The Kier molecular flexibility index (Phi) is 2.40. The second-order valence-electron chi connectivity index (χ2n) is 2.23. The lowest BCUT2D eigenvalue weighted by Crippen LogP contribution is -1.87. The number of rotatable bonds is 1. The van der Waals surface area contributed by atoms with Crippen molar-refractivity contribution in [2.24, 2.45) is 0 Å². The van der Waals surface area contributed by atoms with E-state index in [9.17, 15) is 4.39 Å². The summed E-state index contributed by atoms with van der Waals surface area (Å²) in [5.41, 5.74) is 0.599. The molecule has 0 bridgehead atoms. The number of benzene rings is 1. The first-order valence-electron chi connectivity index (χ1n) is 3.31. The largest absolute Gasteiger partial charge is 0.226 e. The normalized spacial score (nSPS) is 11.2. The quantitative estimate of drug-likeness (QED) is 0.631. The molecule has 1 aromatic rings. The van der Waals surface area contributed by atoms with E-state index in [-0.39, 0.29) is 5.56 Å². The SMILES string of the molecule is N#Cc1cccc(C(F)C#N)c1. The van der Waals surface area contributed by atoms with E-state index in [1.54, 1.807) is 12.1 Å². The summed E-state index contributed by atoms with van der Waals surface area (Å²) in [6.07, 6.45) is -1.64. The van der Waals surface area contributed by atoms with Crippen LogP contribution < -0.4 is 0 Å². The van der Waals surface area contributed by atoms with Gasteiger partial charge < -0.3 is 0 Å². The first-order valence-corrected chi connectivity index (χ1v) is 3.31. The van der Waals surface area contributed by atoms with E-state index < -0.39 is 6.17 Å². The maximum atomic E-state index is 12.7. The summed E-state index contributed by atoms with van der Waals surface area (Å²) < 4.78 is 12.7. The van der Waals surface area contributed by atoms with Crippen LogP contribution in [0.5, 0.6) is 0 Å². The summed E-state index contributed by atoms with van der Waals surface area (Å²) in [6, 6.07) is 9.29. The molecule has 0 aromatic heterocycles. The lowest BCUT2D eigenvalue weighted by atomic mass is 10.1. The van der Waals surface area contributed by atoms with Gasteiger partial charge in [-0.2, -0.15) is 10.5 Å². The van der Waals surface area contributed by atoms with Crippen LogP contribution in [0, 0.1) is 22.7 Å². The Morgan fingerprint density at radius 3 is 2.67 bits per heavy atom. The van der Waals surface area contributed by atoms with Crippen LogP contribution >= 0.6 is 0 Å². The third-order valence-electron chi connectivity index (χ3n) is 1.42. The minimum absolute atomic E-state index is 0.233. The van der Waals surface area contributed by atoms with Crippen LogP contribution in [0.15, 0.2) is 24.3 Å². The highest BCUT2D eigenvalue weighted by atomic mass is 19.1. The summed E-state index contributed by atoms with van der Waals surface area (Å²) in [5.74, 6) is 0. The molecule has 0 radical (unpaired) electrons. The lowest BCUT2D eigenvalue weighted by Gasteiger charge is -1.98. The summed E-state index contributed by atoms with van der Waals surface area (Å²) in [4.78, 5) is 0. The number of alkyl halides is 1. The van der Waals surface area contributed by atoms with Gasteiger partial charge >= 0.3 is 0 Å². The second kappa shape index (κ2) is 3.50. The minimum Gasteiger partial charge on any atom is -0.226 e. The standard InChI is InChI=1S/C9H5FN2/c10-9(6-12)8-3-1-2-7(4-8)5-11/h1-4,9H. The van der Waals surface area contributed by atoms with Crippen molar-refractivity contribution in [3.63, 3.8) is 0 Å². The smallest absolute Gasteiger partial charge is 0.211 e. The molecular weight excluding hydrogens is 155 g/mol. The minimum atomic E-state index is -1.64. The Morgan fingerprint density at radius 2 is 2.08 bits per heavy atom. The van der Waals surface area contributed by atoms with Gasteiger partial charge in [0.2, 0.25) is 6.17 Å². The number of nitrogens with zero attached hydrogens (tertiary/aromatic N) is 2. The molecule has 0 saturated carbocycles. The predicted molar refractivity (Wildman–Crippen MR) is 40.6 cm³/mol. The van der Waals surface area contributed by atoms with Crippen molar-refractivity contribution in [2.75, 3.05) is 0 Å². The molecule has 58 valence electrons. The number of halogens is 1. The van der Waals surface area contributed by atoms with Crippen molar-refractivity contribution in [2.45, 2.75) is 6.17 Å². The third-order valence-corrected chi connectivity index (χ3v) is 1.42. The van der Waals surface area contributed by atoms with Gasteiger partial charge in [-0.25, -0.2) is 4.39 Å². The number of hydrogen-bond acceptors (Lipinski definition) is 2. The van der Waals surface area contributed by atoms with Gasteiger partial charge in [0.25, 0.3) is 0 Å². The van der Waals surface area contributed by atoms with E-state index in [4.69, 9.17) is 10.5 Å². The molecule has 0 saturated heterocycles. The van der Waals surface area contributed by atoms with Crippen LogP contribution in [0.25, 0.3) is 0 Å². The van der Waals surface area contributed by atoms with Gasteiger partial charge in [0, 0.05) is 5.56 Å². The summed E-state index contributed by atoms with van der Waals surface area (Å²) >= 11 is 0. The highest BCUT2D eigenvalue weighted by Gasteiger charge is 2.07. The first-order chi connectivity index (χ1) is 5.77. The molecule has 3 heteroatoms. The zero-order valence-electron chi connectivity index (χ0n) is 6.16. The fourth-order valence-electron chi connectivity index (χ4n) is 0.840. The van der Waals surface area contributed by atoms with Crippen molar-refractivity contribution in [3.05, 3.63) is 35.4 Å². The molecule has 1 rings (SSSR count). The van der Waals surface area contributed by atoms with Gasteiger partial charge in [-0.1, -0.05) is 12.1 Å². The van der Waals surface area contributed by atoms with Crippen molar-refractivity contribution >= 4 is 0 Å². The van der Waals surface area contributed by atoms with Gasteiger partial charge in [0.05, 0.1) is 11.6 Å². The lowest BCUT2D eigenvalue weighted by molar-refractivity contribution is 0.424. The number of hydrogen-bond donors (Lipinski definition) is 0. The fraction of sp³-hybridized carbons (Fsp3) is 0.111. The summed E-state index contributed by atoms with van der Waals surface area (Å²) in [5, 5.41) is 16.7. The molecule has 0 amide bonds. The van der Waals surface area contributed by atoms with E-state index in [1.807, 2.05) is 6.07 Å². The van der Waals surface area contributed by atoms with Crippen molar-refractivity contribution in [3.8, 4) is 12.1 Å². The van der Waals surface area contributed by atoms with E-state index in [0.29, 0.717) is 5.56 Å². The van der Waals surface area contributed by atoms with Crippen molar-refractivity contribution in [1.82, 2.24) is 0 Å².